The first-order valence-electron chi connectivity index (χ1n) is 11.3. The van der Waals surface area contributed by atoms with Crippen LogP contribution in [0.2, 0.25) is 0 Å². The van der Waals surface area contributed by atoms with E-state index in [1.807, 2.05) is 36.9 Å². The molecule has 0 aliphatic carbocycles. The molecular weight excluding hydrogens is 424 g/mol. The van der Waals surface area contributed by atoms with E-state index >= 15 is 0 Å². The highest BCUT2D eigenvalue weighted by Gasteiger charge is 2.21. The van der Waals surface area contributed by atoms with Crippen molar-refractivity contribution in [1.82, 2.24) is 9.21 Å². The number of hydrogen-bond donors (Lipinski definition) is 0. The smallest absolute Gasteiger partial charge is 0.243 e. The lowest BCUT2D eigenvalue weighted by atomic mass is 10.1. The van der Waals surface area contributed by atoms with E-state index in [4.69, 9.17) is 4.74 Å². The molecule has 7 heteroatoms. The molecule has 0 aliphatic heterocycles. The maximum atomic E-state index is 12.8. The minimum atomic E-state index is -3.46. The molecule has 1 amide bonds. The average Bonchev–Trinajstić information content (AvgIpc) is 2.81. The lowest BCUT2D eigenvalue weighted by Gasteiger charge is -2.22. The van der Waals surface area contributed by atoms with Gasteiger partial charge in [0.1, 0.15) is 0 Å². The van der Waals surface area contributed by atoms with Crippen molar-refractivity contribution >= 4 is 15.9 Å². The first kappa shape index (κ1) is 26.0. The molecular formula is C25H36N2O4S. The molecule has 2 rings (SSSR count). The van der Waals surface area contributed by atoms with Crippen molar-refractivity contribution in [1.29, 1.82) is 0 Å². The summed E-state index contributed by atoms with van der Waals surface area (Å²) in [5.41, 5.74) is 2.22. The molecule has 0 aromatic heterocycles. The number of amides is 1. The Kier molecular flexibility index (Phi) is 10.9. The highest BCUT2D eigenvalue weighted by molar-refractivity contribution is 7.89. The molecule has 0 saturated carbocycles. The zero-order chi connectivity index (χ0) is 23.4. The number of benzene rings is 2. The lowest BCUT2D eigenvalue weighted by molar-refractivity contribution is -0.131. The van der Waals surface area contributed by atoms with Gasteiger partial charge in [-0.1, -0.05) is 56.3 Å². The number of rotatable bonds is 14. The van der Waals surface area contributed by atoms with Crippen LogP contribution in [-0.4, -0.2) is 63.4 Å². The van der Waals surface area contributed by atoms with Gasteiger partial charge in [-0.3, -0.25) is 4.79 Å². The summed E-state index contributed by atoms with van der Waals surface area (Å²) >= 11 is 0. The summed E-state index contributed by atoms with van der Waals surface area (Å²) in [6.45, 7) is 6.32. The van der Waals surface area contributed by atoms with Crippen LogP contribution in [0.4, 0.5) is 0 Å². The predicted molar refractivity (Wildman–Crippen MR) is 128 cm³/mol. The van der Waals surface area contributed by atoms with Crippen molar-refractivity contribution in [2.45, 2.75) is 44.4 Å². The van der Waals surface area contributed by atoms with Crippen LogP contribution in [0.3, 0.4) is 0 Å². The Labute approximate surface area is 193 Å². The fourth-order valence-corrected chi connectivity index (χ4v) is 5.09. The zero-order valence-corrected chi connectivity index (χ0v) is 20.3. The summed E-state index contributed by atoms with van der Waals surface area (Å²) in [6, 6.07) is 17.1. The molecule has 0 fully saturated rings. The standard InChI is InChI=1S/C25H36N2O4S/c1-4-27(5-2)32(29,30)24-16-13-23(14-17-24)15-18-25(28)26(20-21-31-3)19-9-12-22-10-7-6-8-11-22/h6-8,10-11,13-14,16-17H,4-5,9,12,15,18-21H2,1-3H3. The molecule has 0 radical (unpaired) electrons. The van der Waals surface area contributed by atoms with Crippen molar-refractivity contribution in [2.24, 2.45) is 0 Å². The van der Waals surface area contributed by atoms with Crippen LogP contribution in [0.25, 0.3) is 0 Å². The number of sulfonamides is 1. The van der Waals surface area contributed by atoms with Crippen LogP contribution in [0, 0.1) is 0 Å². The van der Waals surface area contributed by atoms with Crippen LogP contribution in [-0.2, 0) is 32.4 Å². The molecule has 32 heavy (non-hydrogen) atoms. The topological polar surface area (TPSA) is 66.9 Å². The predicted octanol–water partition coefficient (Wildman–Crippen LogP) is 3.76. The fraction of sp³-hybridized carbons (Fsp3) is 0.480. The van der Waals surface area contributed by atoms with Gasteiger partial charge in [0, 0.05) is 39.7 Å². The monoisotopic (exact) mass is 460 g/mol. The Balaban J connectivity index is 1.92. The molecule has 0 N–H and O–H groups in total. The molecule has 0 atom stereocenters. The number of hydrogen-bond acceptors (Lipinski definition) is 4. The minimum Gasteiger partial charge on any atom is -0.383 e. The van der Waals surface area contributed by atoms with Gasteiger partial charge in [0.25, 0.3) is 0 Å². The maximum absolute atomic E-state index is 12.8. The first-order chi connectivity index (χ1) is 15.4. The van der Waals surface area contributed by atoms with E-state index in [0.29, 0.717) is 50.5 Å². The molecule has 176 valence electrons. The Morgan fingerprint density at radius 3 is 2.09 bits per heavy atom. The number of carbonyl (C=O) groups is 1. The fourth-order valence-electron chi connectivity index (χ4n) is 3.63. The zero-order valence-electron chi connectivity index (χ0n) is 19.5. The van der Waals surface area contributed by atoms with E-state index in [2.05, 4.69) is 12.1 Å². The average molecular weight is 461 g/mol. The summed E-state index contributed by atoms with van der Waals surface area (Å²) in [5.74, 6) is 0.0925. The molecule has 2 aromatic rings. The Bertz CT molecular complexity index is 911. The summed E-state index contributed by atoms with van der Waals surface area (Å²) in [4.78, 5) is 15.0. The number of methoxy groups -OCH3 is 1. The van der Waals surface area contributed by atoms with Crippen molar-refractivity contribution < 1.29 is 17.9 Å². The van der Waals surface area contributed by atoms with Crippen molar-refractivity contribution in [3.8, 4) is 0 Å². The van der Waals surface area contributed by atoms with E-state index in [1.165, 1.54) is 9.87 Å². The van der Waals surface area contributed by atoms with Gasteiger partial charge in [0.05, 0.1) is 11.5 Å². The third-order valence-corrected chi connectivity index (χ3v) is 7.61. The number of aryl methyl sites for hydroxylation is 2. The molecule has 0 saturated heterocycles. The van der Waals surface area contributed by atoms with Gasteiger partial charge in [-0.25, -0.2) is 8.42 Å². The third kappa shape index (κ3) is 7.73. The maximum Gasteiger partial charge on any atom is 0.243 e. The van der Waals surface area contributed by atoms with Crippen LogP contribution < -0.4 is 0 Å². The van der Waals surface area contributed by atoms with E-state index < -0.39 is 10.0 Å². The second-order valence-corrected chi connectivity index (χ2v) is 9.63. The summed E-state index contributed by atoms with van der Waals surface area (Å²) < 4.78 is 31.9. The Morgan fingerprint density at radius 2 is 1.50 bits per heavy atom. The largest absolute Gasteiger partial charge is 0.383 e. The van der Waals surface area contributed by atoms with Crippen LogP contribution in [0.1, 0.15) is 37.8 Å². The number of nitrogens with zero attached hydrogens (tertiary/aromatic N) is 2. The quantitative estimate of drug-likeness (QED) is 0.431. The Morgan fingerprint density at radius 1 is 0.875 bits per heavy atom. The molecule has 0 aliphatic rings. The summed E-state index contributed by atoms with van der Waals surface area (Å²) in [5, 5.41) is 0. The number of ether oxygens (including phenoxy) is 1. The van der Waals surface area contributed by atoms with Gasteiger partial charge >= 0.3 is 0 Å². The summed E-state index contributed by atoms with van der Waals surface area (Å²) in [7, 11) is -1.82. The van der Waals surface area contributed by atoms with Crippen molar-refractivity contribution in [3.63, 3.8) is 0 Å². The van der Waals surface area contributed by atoms with E-state index in [9.17, 15) is 13.2 Å². The Hall–Kier alpha value is -2.22. The van der Waals surface area contributed by atoms with Crippen LogP contribution >= 0.6 is 0 Å². The first-order valence-corrected chi connectivity index (χ1v) is 12.8. The molecule has 6 nitrogen and oxygen atoms in total. The van der Waals surface area contributed by atoms with E-state index in [0.717, 1.165) is 18.4 Å². The number of carbonyl (C=O) groups excluding carboxylic acids is 1. The van der Waals surface area contributed by atoms with Crippen molar-refractivity contribution in [2.75, 3.05) is 39.9 Å². The molecule has 0 unspecified atom stereocenters. The van der Waals surface area contributed by atoms with Gasteiger partial charge in [0.2, 0.25) is 15.9 Å². The third-order valence-electron chi connectivity index (χ3n) is 5.55. The van der Waals surface area contributed by atoms with E-state index in [1.54, 1.807) is 31.4 Å². The van der Waals surface area contributed by atoms with Gasteiger partial charge < -0.3 is 9.64 Å². The normalized spacial score (nSPS) is 11.6. The highest BCUT2D eigenvalue weighted by atomic mass is 32.2. The molecule has 0 bridgehead atoms. The molecule has 0 heterocycles. The van der Waals surface area contributed by atoms with Crippen molar-refractivity contribution in [3.05, 3.63) is 65.7 Å². The summed E-state index contributed by atoms with van der Waals surface area (Å²) in [6.07, 6.45) is 2.79. The molecule has 0 spiro atoms. The van der Waals surface area contributed by atoms with Gasteiger partial charge in [-0.2, -0.15) is 4.31 Å². The van der Waals surface area contributed by atoms with Crippen LogP contribution in [0.15, 0.2) is 59.5 Å². The SMILES string of the molecule is CCN(CC)S(=O)(=O)c1ccc(CCC(=O)N(CCCc2ccccc2)CCOC)cc1. The van der Waals surface area contributed by atoms with Crippen LogP contribution in [0.5, 0.6) is 0 Å². The highest BCUT2D eigenvalue weighted by Crippen LogP contribution is 2.17. The second kappa shape index (κ2) is 13.4. The second-order valence-electron chi connectivity index (χ2n) is 7.70. The minimum absolute atomic E-state index is 0.0925. The van der Waals surface area contributed by atoms with Gasteiger partial charge in [0.15, 0.2) is 0 Å². The van der Waals surface area contributed by atoms with Gasteiger partial charge in [-0.15, -0.1) is 0 Å². The lowest BCUT2D eigenvalue weighted by Crippen LogP contribution is -2.35. The van der Waals surface area contributed by atoms with Gasteiger partial charge in [-0.05, 0) is 42.5 Å². The molecule has 2 aromatic carbocycles. The van der Waals surface area contributed by atoms with E-state index in [-0.39, 0.29) is 5.91 Å².